The first kappa shape index (κ1) is 24.2. The van der Waals surface area contributed by atoms with E-state index < -0.39 is 5.92 Å². The Balaban J connectivity index is 1.64. The number of likely N-dealkylation sites (N-methyl/N-ethyl adjacent to an activating group) is 1. The number of aromatic nitrogens is 2. The maximum absolute atomic E-state index is 14.0. The maximum Gasteiger partial charge on any atom is 0.265 e. The SMILES string of the molecule is CCc1nc(/C(N)=C(\Cn2cc(CC3CC3)ccc2=O)N(C)N)ccc1N1CCCC(F)(F)C1. The number of aryl methyl sites for hydroxylation is 1. The Morgan fingerprint density at radius 1 is 1.26 bits per heavy atom. The van der Waals surface area contributed by atoms with Gasteiger partial charge in [-0.3, -0.25) is 4.79 Å². The lowest BCUT2D eigenvalue weighted by atomic mass is 10.1. The summed E-state index contributed by atoms with van der Waals surface area (Å²) in [6.07, 6.45) is 6.25. The van der Waals surface area contributed by atoms with E-state index in [4.69, 9.17) is 16.6 Å². The number of alkyl halides is 2. The number of rotatable bonds is 8. The molecule has 0 amide bonds. The number of hydrogen-bond donors (Lipinski definition) is 2. The summed E-state index contributed by atoms with van der Waals surface area (Å²) in [6.45, 7) is 2.42. The third-order valence-electron chi connectivity index (χ3n) is 6.62. The lowest BCUT2D eigenvalue weighted by Gasteiger charge is -2.35. The molecule has 0 radical (unpaired) electrons. The van der Waals surface area contributed by atoms with Gasteiger partial charge in [0.15, 0.2) is 0 Å². The molecule has 34 heavy (non-hydrogen) atoms. The summed E-state index contributed by atoms with van der Waals surface area (Å²) >= 11 is 0. The van der Waals surface area contributed by atoms with Gasteiger partial charge in [0, 0.05) is 32.3 Å². The Kier molecular flexibility index (Phi) is 6.93. The van der Waals surface area contributed by atoms with E-state index in [1.165, 1.54) is 17.9 Å². The average molecular weight is 473 g/mol. The van der Waals surface area contributed by atoms with Crippen molar-refractivity contribution in [1.82, 2.24) is 14.6 Å². The molecule has 2 aromatic heterocycles. The molecule has 9 heteroatoms. The Hall–Kier alpha value is -2.94. The molecule has 4 rings (SSSR count). The predicted molar refractivity (Wildman–Crippen MR) is 130 cm³/mol. The van der Waals surface area contributed by atoms with Gasteiger partial charge in [0.2, 0.25) is 0 Å². The van der Waals surface area contributed by atoms with Gasteiger partial charge in [-0.25, -0.2) is 19.6 Å². The number of nitrogens with zero attached hydrogens (tertiary/aromatic N) is 4. The van der Waals surface area contributed by atoms with Gasteiger partial charge in [0.25, 0.3) is 11.5 Å². The highest BCUT2D eigenvalue weighted by Gasteiger charge is 2.36. The van der Waals surface area contributed by atoms with Crippen molar-refractivity contribution in [3.63, 3.8) is 0 Å². The van der Waals surface area contributed by atoms with Crippen molar-refractivity contribution in [3.05, 3.63) is 63.5 Å². The second-order valence-electron chi connectivity index (χ2n) is 9.52. The lowest BCUT2D eigenvalue weighted by molar-refractivity contribution is -0.0117. The van der Waals surface area contributed by atoms with Gasteiger partial charge in [-0.15, -0.1) is 0 Å². The van der Waals surface area contributed by atoms with Gasteiger partial charge in [-0.05, 0) is 55.7 Å². The highest BCUT2D eigenvalue weighted by atomic mass is 19.3. The molecule has 1 aliphatic heterocycles. The molecule has 1 aliphatic carbocycles. The van der Waals surface area contributed by atoms with Crippen molar-refractivity contribution >= 4 is 11.4 Å². The monoisotopic (exact) mass is 472 g/mol. The number of allylic oxidation sites excluding steroid dienone is 1. The van der Waals surface area contributed by atoms with Crippen LogP contribution in [0.15, 0.2) is 41.0 Å². The zero-order valence-electron chi connectivity index (χ0n) is 19.9. The second-order valence-corrected chi connectivity index (χ2v) is 9.52. The van der Waals surface area contributed by atoms with Crippen LogP contribution in [0.1, 0.15) is 49.6 Å². The van der Waals surface area contributed by atoms with E-state index in [0.29, 0.717) is 53.8 Å². The standard InChI is InChI=1S/C25H34F2N6O/c1-3-19-21(32-12-4-11-25(26,27)16-32)9-8-20(30-19)24(28)22(31(2)29)15-33-14-18(7-10-23(33)34)13-17-5-6-17/h7-10,14,17H,3-6,11-13,15-16,28-29H2,1-2H3/b24-22-. The maximum atomic E-state index is 14.0. The van der Waals surface area contributed by atoms with E-state index >= 15 is 0 Å². The Bertz CT molecular complexity index is 1120. The summed E-state index contributed by atoms with van der Waals surface area (Å²) in [7, 11) is 1.67. The van der Waals surface area contributed by atoms with E-state index in [9.17, 15) is 13.6 Å². The third-order valence-corrected chi connectivity index (χ3v) is 6.62. The molecule has 0 spiro atoms. The average Bonchev–Trinajstić information content (AvgIpc) is 3.61. The molecule has 0 atom stereocenters. The van der Waals surface area contributed by atoms with Crippen molar-refractivity contribution in [2.75, 3.05) is 25.0 Å². The number of pyridine rings is 2. The van der Waals surface area contributed by atoms with Crippen LogP contribution >= 0.6 is 0 Å². The highest BCUT2D eigenvalue weighted by molar-refractivity contribution is 5.65. The quantitative estimate of drug-likeness (QED) is 0.453. The van der Waals surface area contributed by atoms with Gasteiger partial charge >= 0.3 is 0 Å². The number of hydrazine groups is 1. The first-order chi connectivity index (χ1) is 16.2. The van der Waals surface area contributed by atoms with Crippen LogP contribution < -0.4 is 22.0 Å². The Labute approximate surface area is 199 Å². The molecule has 3 heterocycles. The van der Waals surface area contributed by atoms with Crippen LogP contribution in [0.4, 0.5) is 14.5 Å². The third kappa shape index (κ3) is 5.58. The van der Waals surface area contributed by atoms with Crippen LogP contribution in [0.25, 0.3) is 5.70 Å². The van der Waals surface area contributed by atoms with Crippen molar-refractivity contribution < 1.29 is 8.78 Å². The van der Waals surface area contributed by atoms with Crippen LogP contribution in [-0.4, -0.2) is 40.6 Å². The fourth-order valence-corrected chi connectivity index (χ4v) is 4.54. The first-order valence-electron chi connectivity index (χ1n) is 12.0. The summed E-state index contributed by atoms with van der Waals surface area (Å²) in [5.74, 6) is 4.12. The Morgan fingerprint density at radius 2 is 2.03 bits per heavy atom. The smallest absolute Gasteiger partial charge is 0.265 e. The molecule has 2 fully saturated rings. The number of hydrogen-bond acceptors (Lipinski definition) is 6. The number of nitrogens with two attached hydrogens (primary N) is 2. The topological polar surface area (TPSA) is 93.4 Å². The summed E-state index contributed by atoms with van der Waals surface area (Å²) in [5.41, 5.74) is 10.3. The van der Waals surface area contributed by atoms with Crippen LogP contribution in [0.2, 0.25) is 0 Å². The minimum absolute atomic E-state index is 0.0838. The molecule has 0 aromatic carbocycles. The fraction of sp³-hybridized carbons (Fsp3) is 0.520. The van der Waals surface area contributed by atoms with Gasteiger partial charge in [-0.1, -0.05) is 13.0 Å². The molecule has 4 N–H and O–H groups in total. The summed E-state index contributed by atoms with van der Waals surface area (Å²) in [5, 5.41) is 1.40. The van der Waals surface area contributed by atoms with E-state index in [1.807, 2.05) is 25.3 Å². The largest absolute Gasteiger partial charge is 0.395 e. The normalized spacial score (nSPS) is 18.6. The minimum atomic E-state index is -2.70. The molecular weight excluding hydrogens is 438 g/mol. The minimum Gasteiger partial charge on any atom is -0.395 e. The van der Waals surface area contributed by atoms with Crippen molar-refractivity contribution in [2.45, 2.75) is 57.9 Å². The predicted octanol–water partition coefficient (Wildman–Crippen LogP) is 3.13. The molecule has 7 nitrogen and oxygen atoms in total. The van der Waals surface area contributed by atoms with Crippen LogP contribution in [-0.2, 0) is 19.4 Å². The van der Waals surface area contributed by atoms with E-state index in [2.05, 4.69) is 0 Å². The number of halogens is 2. The van der Waals surface area contributed by atoms with Gasteiger partial charge < -0.3 is 20.2 Å². The molecule has 0 bridgehead atoms. The second kappa shape index (κ2) is 9.74. The fourth-order valence-electron chi connectivity index (χ4n) is 4.54. The zero-order valence-corrected chi connectivity index (χ0v) is 19.9. The van der Waals surface area contributed by atoms with Gasteiger partial charge in [0.05, 0.1) is 41.6 Å². The van der Waals surface area contributed by atoms with E-state index in [-0.39, 0.29) is 25.1 Å². The Morgan fingerprint density at radius 3 is 2.68 bits per heavy atom. The molecule has 2 aliphatic rings. The molecule has 1 saturated heterocycles. The first-order valence-corrected chi connectivity index (χ1v) is 12.0. The molecule has 2 aromatic rings. The van der Waals surface area contributed by atoms with E-state index in [1.54, 1.807) is 28.6 Å². The van der Waals surface area contributed by atoms with Crippen molar-refractivity contribution in [3.8, 4) is 0 Å². The van der Waals surface area contributed by atoms with E-state index in [0.717, 1.165) is 12.0 Å². The summed E-state index contributed by atoms with van der Waals surface area (Å²) < 4.78 is 29.6. The molecular formula is C25H34F2N6O. The van der Waals surface area contributed by atoms with Crippen molar-refractivity contribution in [2.24, 2.45) is 17.5 Å². The van der Waals surface area contributed by atoms with Crippen LogP contribution in [0, 0.1) is 5.92 Å². The molecule has 0 unspecified atom stereocenters. The number of anilines is 1. The van der Waals surface area contributed by atoms with Crippen LogP contribution in [0.3, 0.4) is 0 Å². The van der Waals surface area contributed by atoms with Crippen molar-refractivity contribution in [1.29, 1.82) is 0 Å². The van der Waals surface area contributed by atoms with Gasteiger partial charge in [0.1, 0.15) is 0 Å². The summed E-state index contributed by atoms with van der Waals surface area (Å²) in [6, 6.07) is 7.02. The zero-order chi connectivity index (χ0) is 24.5. The molecule has 1 saturated carbocycles. The molecule has 184 valence electrons. The van der Waals surface area contributed by atoms with Crippen LogP contribution in [0.5, 0.6) is 0 Å². The van der Waals surface area contributed by atoms with Gasteiger partial charge in [-0.2, -0.15) is 0 Å². The number of piperidine rings is 1. The summed E-state index contributed by atoms with van der Waals surface area (Å²) in [4.78, 5) is 18.9. The lowest BCUT2D eigenvalue weighted by Crippen LogP contribution is -2.43. The highest BCUT2D eigenvalue weighted by Crippen LogP contribution is 2.33.